The van der Waals surface area contributed by atoms with E-state index in [9.17, 15) is 5.11 Å². The lowest BCUT2D eigenvalue weighted by molar-refractivity contribution is -0.174. The molecule has 2 aliphatic rings. The van der Waals surface area contributed by atoms with Crippen molar-refractivity contribution >= 4 is 0 Å². The summed E-state index contributed by atoms with van der Waals surface area (Å²) in [6.45, 7) is 10.2. The molecule has 3 rings (SSSR count). The van der Waals surface area contributed by atoms with Gasteiger partial charge in [0.05, 0.1) is 39.1 Å². The second-order valence-corrected chi connectivity index (χ2v) is 7.81. The first-order valence-corrected chi connectivity index (χ1v) is 7.85. The van der Waals surface area contributed by atoms with Gasteiger partial charge in [-0.3, -0.25) is 0 Å². The smallest absolute Gasteiger partial charge is 0.125 e. The van der Waals surface area contributed by atoms with E-state index in [0.29, 0.717) is 0 Å². The van der Waals surface area contributed by atoms with Crippen molar-refractivity contribution in [2.24, 2.45) is 10.8 Å². The molecule has 1 aromatic rings. The lowest BCUT2D eigenvalue weighted by Gasteiger charge is -2.47. The lowest BCUT2D eigenvalue weighted by Crippen LogP contribution is -2.42. The molecule has 122 valence electrons. The van der Waals surface area contributed by atoms with Gasteiger partial charge < -0.3 is 19.3 Å². The summed E-state index contributed by atoms with van der Waals surface area (Å²) in [6, 6.07) is 4.04. The SMILES string of the molecule is COc1cc(C2OCC2(C)C)c(CO)cc1C1OCC1(C)C. The van der Waals surface area contributed by atoms with Crippen LogP contribution >= 0.6 is 0 Å². The normalized spacial score (nSPS) is 28.6. The number of aliphatic hydroxyl groups excluding tert-OH is 1. The highest BCUT2D eigenvalue weighted by atomic mass is 16.5. The summed E-state index contributed by atoms with van der Waals surface area (Å²) in [6.07, 6.45) is 0.0186. The fraction of sp³-hybridized carbons (Fsp3) is 0.667. The number of methoxy groups -OCH3 is 1. The number of ether oxygens (including phenoxy) is 3. The molecule has 22 heavy (non-hydrogen) atoms. The van der Waals surface area contributed by atoms with Crippen LogP contribution in [0.5, 0.6) is 5.75 Å². The third-order valence-electron chi connectivity index (χ3n) is 4.89. The molecule has 0 aliphatic carbocycles. The zero-order valence-electron chi connectivity index (χ0n) is 14.1. The molecule has 2 unspecified atom stereocenters. The maximum Gasteiger partial charge on any atom is 0.125 e. The minimum absolute atomic E-state index is 0.00455. The van der Waals surface area contributed by atoms with E-state index in [0.717, 1.165) is 35.7 Å². The van der Waals surface area contributed by atoms with Gasteiger partial charge >= 0.3 is 0 Å². The van der Waals surface area contributed by atoms with Gasteiger partial charge in [-0.25, -0.2) is 0 Å². The molecule has 2 atom stereocenters. The van der Waals surface area contributed by atoms with Crippen molar-refractivity contribution in [3.05, 3.63) is 28.8 Å². The monoisotopic (exact) mass is 306 g/mol. The third kappa shape index (κ3) is 2.34. The molecule has 4 nitrogen and oxygen atoms in total. The Kier molecular flexibility index (Phi) is 3.75. The fourth-order valence-corrected chi connectivity index (χ4v) is 3.44. The quantitative estimate of drug-likeness (QED) is 0.926. The second kappa shape index (κ2) is 5.22. The summed E-state index contributed by atoms with van der Waals surface area (Å²) in [5, 5.41) is 9.81. The van der Waals surface area contributed by atoms with Crippen molar-refractivity contribution in [1.29, 1.82) is 0 Å². The average molecular weight is 306 g/mol. The largest absolute Gasteiger partial charge is 0.496 e. The first kappa shape index (κ1) is 15.8. The van der Waals surface area contributed by atoms with Gasteiger partial charge in [0.15, 0.2) is 0 Å². The highest BCUT2D eigenvalue weighted by Gasteiger charge is 2.45. The third-order valence-corrected chi connectivity index (χ3v) is 4.89. The minimum Gasteiger partial charge on any atom is -0.496 e. The molecule has 4 heteroatoms. The van der Waals surface area contributed by atoms with Crippen LogP contribution in [-0.2, 0) is 16.1 Å². The Bertz CT molecular complexity index is 525. The summed E-state index contributed by atoms with van der Waals surface area (Å²) >= 11 is 0. The van der Waals surface area contributed by atoms with Crippen molar-refractivity contribution in [3.8, 4) is 5.75 Å². The maximum absolute atomic E-state index is 9.81. The zero-order valence-corrected chi connectivity index (χ0v) is 14.1. The first-order chi connectivity index (χ1) is 10.3. The van der Waals surface area contributed by atoms with E-state index in [1.54, 1.807) is 7.11 Å². The molecule has 0 bridgehead atoms. The zero-order chi connectivity index (χ0) is 16.1. The predicted octanol–water partition coefficient (Wildman–Crippen LogP) is 3.38. The molecule has 0 aromatic heterocycles. The van der Waals surface area contributed by atoms with Crippen molar-refractivity contribution in [2.45, 2.75) is 46.5 Å². The Morgan fingerprint density at radius 2 is 1.59 bits per heavy atom. The van der Waals surface area contributed by atoms with Gasteiger partial charge in [-0.15, -0.1) is 0 Å². The molecule has 0 spiro atoms. The number of rotatable bonds is 4. The molecular formula is C18H26O4. The summed E-state index contributed by atoms with van der Waals surface area (Å²) < 4.78 is 17.1. The van der Waals surface area contributed by atoms with Crippen LogP contribution in [0.15, 0.2) is 12.1 Å². The Morgan fingerprint density at radius 3 is 1.95 bits per heavy atom. The predicted molar refractivity (Wildman–Crippen MR) is 83.9 cm³/mol. The van der Waals surface area contributed by atoms with Crippen LogP contribution in [0.1, 0.15) is 56.6 Å². The molecule has 1 aromatic carbocycles. The maximum atomic E-state index is 9.81. The highest BCUT2D eigenvalue weighted by molar-refractivity contribution is 5.47. The number of hydrogen-bond donors (Lipinski definition) is 1. The van der Waals surface area contributed by atoms with Crippen LogP contribution in [0.25, 0.3) is 0 Å². The number of hydrogen-bond acceptors (Lipinski definition) is 4. The molecule has 1 N–H and O–H groups in total. The summed E-state index contributed by atoms with van der Waals surface area (Å²) in [5.74, 6) is 0.816. The minimum atomic E-state index is -0.00455. The molecule has 0 saturated carbocycles. The van der Waals surface area contributed by atoms with Gasteiger partial charge in [-0.1, -0.05) is 27.7 Å². The van der Waals surface area contributed by atoms with E-state index < -0.39 is 0 Å². The molecule has 2 heterocycles. The summed E-state index contributed by atoms with van der Waals surface area (Å²) in [5.41, 5.74) is 3.12. The first-order valence-electron chi connectivity index (χ1n) is 7.85. The van der Waals surface area contributed by atoms with Gasteiger partial charge in [-0.2, -0.15) is 0 Å². The van der Waals surface area contributed by atoms with Crippen LogP contribution in [0.4, 0.5) is 0 Å². The van der Waals surface area contributed by atoms with Crippen LogP contribution < -0.4 is 4.74 Å². The Balaban J connectivity index is 2.03. The standard InChI is InChI=1S/C18H26O4/c1-17(2)9-21-15(17)12-7-14(20-5)13(6-11(12)8-19)16-18(3,4)10-22-16/h6-7,15-16,19H,8-10H2,1-5H3. The van der Waals surface area contributed by atoms with Crippen LogP contribution in [0, 0.1) is 10.8 Å². The molecular weight excluding hydrogens is 280 g/mol. The number of aliphatic hydroxyl groups is 1. The topological polar surface area (TPSA) is 47.9 Å². The molecule has 2 aliphatic heterocycles. The molecule has 0 radical (unpaired) electrons. The van der Waals surface area contributed by atoms with Crippen LogP contribution in [0.2, 0.25) is 0 Å². The van der Waals surface area contributed by atoms with E-state index in [1.807, 2.05) is 12.1 Å². The summed E-state index contributed by atoms with van der Waals surface area (Å²) in [7, 11) is 1.68. The van der Waals surface area contributed by atoms with Gasteiger partial charge in [0, 0.05) is 16.4 Å². The molecule has 2 saturated heterocycles. The van der Waals surface area contributed by atoms with E-state index in [2.05, 4.69) is 27.7 Å². The van der Waals surface area contributed by atoms with Crippen molar-refractivity contribution in [3.63, 3.8) is 0 Å². The Hall–Kier alpha value is -1.10. The van der Waals surface area contributed by atoms with Gasteiger partial charge in [-0.05, 0) is 23.3 Å². The van der Waals surface area contributed by atoms with Crippen LogP contribution in [-0.4, -0.2) is 25.4 Å². The Labute approximate surface area is 132 Å². The number of benzene rings is 1. The summed E-state index contributed by atoms with van der Waals surface area (Å²) in [4.78, 5) is 0. The van der Waals surface area contributed by atoms with E-state index >= 15 is 0 Å². The van der Waals surface area contributed by atoms with Gasteiger partial charge in [0.2, 0.25) is 0 Å². The van der Waals surface area contributed by atoms with Crippen LogP contribution in [0.3, 0.4) is 0 Å². The van der Waals surface area contributed by atoms with Gasteiger partial charge in [0.25, 0.3) is 0 Å². The highest BCUT2D eigenvalue weighted by Crippen LogP contribution is 2.52. The van der Waals surface area contributed by atoms with Crippen molar-refractivity contribution in [2.75, 3.05) is 20.3 Å². The average Bonchev–Trinajstić information content (AvgIpc) is 2.46. The fourth-order valence-electron chi connectivity index (χ4n) is 3.44. The second-order valence-electron chi connectivity index (χ2n) is 7.81. The van der Waals surface area contributed by atoms with E-state index in [4.69, 9.17) is 14.2 Å². The van der Waals surface area contributed by atoms with Gasteiger partial charge in [0.1, 0.15) is 5.75 Å². The molecule has 0 amide bonds. The lowest BCUT2D eigenvalue weighted by atomic mass is 9.75. The van der Waals surface area contributed by atoms with Crippen molar-refractivity contribution in [1.82, 2.24) is 0 Å². The van der Waals surface area contributed by atoms with E-state index in [-0.39, 0.29) is 29.6 Å². The molecule has 2 fully saturated rings. The van der Waals surface area contributed by atoms with E-state index in [1.165, 1.54) is 0 Å². The van der Waals surface area contributed by atoms with Crippen molar-refractivity contribution < 1.29 is 19.3 Å². The Morgan fingerprint density at radius 1 is 1.05 bits per heavy atom.